The van der Waals surface area contributed by atoms with Gasteiger partial charge >= 0.3 is 5.97 Å². The normalized spacial score (nSPS) is 17.9. The van der Waals surface area contributed by atoms with Crippen molar-refractivity contribution in [2.45, 2.75) is 83.2 Å². The molecule has 2 N–H and O–H groups in total. The zero-order chi connectivity index (χ0) is 14.8. The number of hydrogen-bond acceptors (Lipinski definition) is 3. The maximum atomic E-state index is 11.3. The Morgan fingerprint density at radius 2 is 1.85 bits per heavy atom. The summed E-state index contributed by atoms with van der Waals surface area (Å²) >= 11 is 0. The average Bonchev–Trinajstić information content (AvgIpc) is 3.20. The molecular formula is C16H31NO3. The molecule has 1 saturated carbocycles. The molecule has 1 aliphatic rings. The van der Waals surface area contributed by atoms with Crippen molar-refractivity contribution in [2.24, 2.45) is 0 Å². The maximum absolute atomic E-state index is 11.3. The monoisotopic (exact) mass is 285 g/mol. The molecule has 20 heavy (non-hydrogen) atoms. The first-order valence-electron chi connectivity index (χ1n) is 8.17. The van der Waals surface area contributed by atoms with E-state index in [1.807, 2.05) is 0 Å². The highest BCUT2D eigenvalue weighted by molar-refractivity contribution is 5.78. The second kappa shape index (κ2) is 9.35. The summed E-state index contributed by atoms with van der Waals surface area (Å²) in [6, 6.07) is 0.413. The number of ether oxygens (including phenoxy) is 1. The molecule has 0 aromatic carbocycles. The Hall–Kier alpha value is -0.610. The van der Waals surface area contributed by atoms with Crippen molar-refractivity contribution < 1.29 is 14.6 Å². The molecule has 0 aliphatic heterocycles. The molecule has 0 spiro atoms. The summed E-state index contributed by atoms with van der Waals surface area (Å²) < 4.78 is 5.59. The van der Waals surface area contributed by atoms with E-state index in [9.17, 15) is 9.90 Å². The van der Waals surface area contributed by atoms with Crippen LogP contribution in [0.2, 0.25) is 0 Å². The van der Waals surface area contributed by atoms with Gasteiger partial charge in [-0.25, -0.2) is 0 Å². The lowest BCUT2D eigenvalue weighted by Crippen LogP contribution is -2.50. The Morgan fingerprint density at radius 3 is 2.45 bits per heavy atom. The summed E-state index contributed by atoms with van der Waals surface area (Å²) in [4.78, 5) is 11.3. The molecule has 1 atom stereocenters. The predicted molar refractivity (Wildman–Crippen MR) is 81.0 cm³/mol. The van der Waals surface area contributed by atoms with Crippen LogP contribution in [0.1, 0.15) is 71.6 Å². The van der Waals surface area contributed by atoms with Crippen LogP contribution in [0.25, 0.3) is 0 Å². The highest BCUT2D eigenvalue weighted by Crippen LogP contribution is 2.25. The summed E-state index contributed by atoms with van der Waals surface area (Å²) in [7, 11) is 0. The van der Waals surface area contributed by atoms with Crippen LogP contribution in [0, 0.1) is 0 Å². The molecule has 4 heteroatoms. The van der Waals surface area contributed by atoms with Crippen molar-refractivity contribution in [1.82, 2.24) is 5.32 Å². The molecular weight excluding hydrogens is 254 g/mol. The largest absolute Gasteiger partial charge is 0.480 e. The van der Waals surface area contributed by atoms with Crippen LogP contribution >= 0.6 is 0 Å². The van der Waals surface area contributed by atoms with Gasteiger partial charge in [0.15, 0.2) is 0 Å². The number of nitrogens with one attached hydrogen (secondary N) is 1. The molecule has 0 amide bonds. The van der Waals surface area contributed by atoms with E-state index in [-0.39, 0.29) is 0 Å². The number of aliphatic carboxylic acids is 1. The number of unbranched alkanes of at least 4 members (excludes halogenated alkanes) is 4. The zero-order valence-corrected chi connectivity index (χ0v) is 13.1. The molecule has 0 aromatic heterocycles. The van der Waals surface area contributed by atoms with Crippen LogP contribution in [0.3, 0.4) is 0 Å². The van der Waals surface area contributed by atoms with Gasteiger partial charge in [0.2, 0.25) is 0 Å². The van der Waals surface area contributed by atoms with Gasteiger partial charge in [0.25, 0.3) is 0 Å². The fraction of sp³-hybridized carbons (Fsp3) is 0.938. The fourth-order valence-electron chi connectivity index (χ4n) is 2.36. The first kappa shape index (κ1) is 17.4. The lowest BCUT2D eigenvalue weighted by molar-refractivity contribution is -0.144. The Morgan fingerprint density at radius 1 is 1.20 bits per heavy atom. The lowest BCUT2D eigenvalue weighted by Gasteiger charge is -2.26. The minimum absolute atomic E-state index is 0.413. The van der Waals surface area contributed by atoms with E-state index in [1.165, 1.54) is 25.7 Å². The van der Waals surface area contributed by atoms with Crippen LogP contribution < -0.4 is 5.32 Å². The molecule has 1 unspecified atom stereocenters. The quantitative estimate of drug-likeness (QED) is 0.510. The third-order valence-corrected chi connectivity index (χ3v) is 3.93. The minimum Gasteiger partial charge on any atom is -0.480 e. The fourth-order valence-corrected chi connectivity index (χ4v) is 2.36. The summed E-state index contributed by atoms with van der Waals surface area (Å²) in [5.41, 5.74) is -0.786. The molecule has 0 radical (unpaired) electrons. The minimum atomic E-state index is -0.786. The van der Waals surface area contributed by atoms with Crippen molar-refractivity contribution in [3.05, 3.63) is 0 Å². The van der Waals surface area contributed by atoms with Crippen LogP contribution in [0.5, 0.6) is 0 Å². The third kappa shape index (κ3) is 7.25. The van der Waals surface area contributed by atoms with Crippen molar-refractivity contribution in [3.8, 4) is 0 Å². The third-order valence-electron chi connectivity index (χ3n) is 3.93. The van der Waals surface area contributed by atoms with E-state index >= 15 is 0 Å². The number of hydrogen-bond donors (Lipinski definition) is 2. The highest BCUT2D eigenvalue weighted by atomic mass is 16.5. The van der Waals surface area contributed by atoms with Crippen LogP contribution in [-0.4, -0.2) is 35.9 Å². The van der Waals surface area contributed by atoms with E-state index in [2.05, 4.69) is 12.2 Å². The Bertz CT molecular complexity index is 279. The van der Waals surface area contributed by atoms with E-state index in [1.54, 1.807) is 6.92 Å². The van der Waals surface area contributed by atoms with Crippen molar-refractivity contribution in [1.29, 1.82) is 0 Å². The van der Waals surface area contributed by atoms with E-state index in [0.29, 0.717) is 19.1 Å². The van der Waals surface area contributed by atoms with Crippen molar-refractivity contribution >= 4 is 5.97 Å². The van der Waals surface area contributed by atoms with E-state index < -0.39 is 11.5 Å². The van der Waals surface area contributed by atoms with Gasteiger partial charge in [0.1, 0.15) is 5.54 Å². The summed E-state index contributed by atoms with van der Waals surface area (Å²) in [5, 5.41) is 12.6. The van der Waals surface area contributed by atoms with E-state index in [0.717, 1.165) is 32.3 Å². The predicted octanol–water partition coefficient (Wildman–Crippen LogP) is 3.35. The molecule has 118 valence electrons. The topological polar surface area (TPSA) is 58.6 Å². The number of rotatable bonds is 13. The van der Waals surface area contributed by atoms with Gasteiger partial charge in [-0.05, 0) is 39.0 Å². The SMILES string of the molecule is CCCCCCCOCCCC(C)(NC1CC1)C(=O)O. The molecule has 1 rings (SSSR count). The Kier molecular flexibility index (Phi) is 8.15. The highest BCUT2D eigenvalue weighted by Gasteiger charge is 2.37. The second-order valence-corrected chi connectivity index (χ2v) is 6.19. The van der Waals surface area contributed by atoms with Crippen LogP contribution in [-0.2, 0) is 9.53 Å². The van der Waals surface area contributed by atoms with Crippen molar-refractivity contribution in [3.63, 3.8) is 0 Å². The Labute approximate surface area is 123 Å². The molecule has 0 saturated heterocycles. The molecule has 1 fully saturated rings. The van der Waals surface area contributed by atoms with Gasteiger partial charge in [-0.15, -0.1) is 0 Å². The Balaban J connectivity index is 2.01. The second-order valence-electron chi connectivity index (χ2n) is 6.19. The molecule has 0 aromatic rings. The molecule has 0 heterocycles. The lowest BCUT2D eigenvalue weighted by atomic mass is 9.96. The molecule has 0 bridgehead atoms. The van der Waals surface area contributed by atoms with Crippen LogP contribution in [0.4, 0.5) is 0 Å². The summed E-state index contributed by atoms with van der Waals surface area (Å²) in [5.74, 6) is -0.746. The number of carboxylic acid groups (broad SMARTS) is 1. The number of carboxylic acids is 1. The first-order chi connectivity index (χ1) is 9.58. The molecule has 1 aliphatic carbocycles. The van der Waals surface area contributed by atoms with Gasteiger partial charge in [-0.1, -0.05) is 32.6 Å². The van der Waals surface area contributed by atoms with E-state index in [4.69, 9.17) is 4.74 Å². The summed E-state index contributed by atoms with van der Waals surface area (Å²) in [6.45, 7) is 5.48. The van der Waals surface area contributed by atoms with Gasteiger partial charge < -0.3 is 9.84 Å². The van der Waals surface area contributed by atoms with Gasteiger partial charge in [0, 0.05) is 19.3 Å². The van der Waals surface area contributed by atoms with Crippen molar-refractivity contribution in [2.75, 3.05) is 13.2 Å². The standard InChI is InChI=1S/C16H31NO3/c1-3-4-5-6-7-12-20-13-8-11-16(2,15(18)19)17-14-9-10-14/h14,17H,3-13H2,1-2H3,(H,18,19). The summed E-state index contributed by atoms with van der Waals surface area (Å²) in [6.07, 6.45) is 9.88. The maximum Gasteiger partial charge on any atom is 0.323 e. The van der Waals surface area contributed by atoms with Gasteiger partial charge in [0.05, 0.1) is 0 Å². The zero-order valence-electron chi connectivity index (χ0n) is 13.1. The van der Waals surface area contributed by atoms with Crippen LogP contribution in [0.15, 0.2) is 0 Å². The molecule has 4 nitrogen and oxygen atoms in total. The smallest absolute Gasteiger partial charge is 0.323 e. The first-order valence-corrected chi connectivity index (χ1v) is 8.17. The average molecular weight is 285 g/mol. The van der Waals surface area contributed by atoms with Gasteiger partial charge in [-0.2, -0.15) is 0 Å². The van der Waals surface area contributed by atoms with Gasteiger partial charge in [-0.3, -0.25) is 10.1 Å². The number of carbonyl (C=O) groups is 1.